The van der Waals surface area contributed by atoms with Crippen molar-refractivity contribution in [1.82, 2.24) is 5.32 Å². The first kappa shape index (κ1) is 15.3. The van der Waals surface area contributed by atoms with Gasteiger partial charge in [-0.2, -0.15) is 0 Å². The highest BCUT2D eigenvalue weighted by molar-refractivity contribution is 6.04. The van der Waals surface area contributed by atoms with Gasteiger partial charge >= 0.3 is 0 Å². The molecule has 112 valence electrons. The third kappa shape index (κ3) is 4.20. The average Bonchev–Trinajstić information content (AvgIpc) is 2.92. The maximum Gasteiger partial charge on any atom is 0.258 e. The fourth-order valence-electron chi connectivity index (χ4n) is 2.10. The molecule has 0 saturated carbocycles. The van der Waals surface area contributed by atoms with Crippen molar-refractivity contribution in [2.45, 2.75) is 33.2 Å². The summed E-state index contributed by atoms with van der Waals surface area (Å²) in [5.74, 6) is 0.572. The number of hydrogen-bond acceptors (Lipinski definition) is 3. The summed E-state index contributed by atoms with van der Waals surface area (Å²) >= 11 is 0. The van der Waals surface area contributed by atoms with Crippen LogP contribution in [0.3, 0.4) is 0 Å². The highest BCUT2D eigenvalue weighted by Crippen LogP contribution is 2.17. The van der Waals surface area contributed by atoms with Crippen LogP contribution in [0.25, 0.3) is 0 Å². The van der Waals surface area contributed by atoms with Crippen molar-refractivity contribution in [2.75, 3.05) is 11.9 Å². The third-order valence-corrected chi connectivity index (χ3v) is 3.36. The first-order chi connectivity index (χ1) is 10.1. The second kappa shape index (κ2) is 7.09. The monoisotopic (exact) mass is 286 g/mol. The van der Waals surface area contributed by atoms with E-state index in [0.717, 1.165) is 24.4 Å². The van der Waals surface area contributed by atoms with Crippen molar-refractivity contribution in [3.63, 3.8) is 0 Å². The van der Waals surface area contributed by atoms with Crippen molar-refractivity contribution in [2.24, 2.45) is 0 Å². The van der Waals surface area contributed by atoms with Gasteiger partial charge in [-0.15, -0.1) is 0 Å². The first-order valence-electron chi connectivity index (χ1n) is 7.30. The fraction of sp³-hybridized carbons (Fsp3) is 0.353. The van der Waals surface area contributed by atoms with Crippen molar-refractivity contribution in [3.8, 4) is 0 Å². The molecule has 4 nitrogen and oxygen atoms in total. The second-order valence-corrected chi connectivity index (χ2v) is 5.20. The number of anilines is 1. The van der Waals surface area contributed by atoms with Crippen LogP contribution in [0.15, 0.2) is 41.0 Å². The van der Waals surface area contributed by atoms with Crippen LogP contribution < -0.4 is 10.6 Å². The van der Waals surface area contributed by atoms with E-state index >= 15 is 0 Å². The summed E-state index contributed by atoms with van der Waals surface area (Å²) in [6.45, 7) is 7.10. The Morgan fingerprint density at radius 3 is 2.57 bits per heavy atom. The molecule has 1 aromatic carbocycles. The lowest BCUT2D eigenvalue weighted by molar-refractivity contribution is 0.102. The zero-order valence-electron chi connectivity index (χ0n) is 12.8. The highest BCUT2D eigenvalue weighted by atomic mass is 16.3. The van der Waals surface area contributed by atoms with Gasteiger partial charge in [-0.25, -0.2) is 0 Å². The van der Waals surface area contributed by atoms with Gasteiger partial charge in [0.1, 0.15) is 12.0 Å². The minimum Gasteiger partial charge on any atom is -0.469 e. The molecule has 0 aliphatic carbocycles. The molecule has 2 rings (SSSR count). The predicted molar refractivity (Wildman–Crippen MR) is 84.5 cm³/mol. The highest BCUT2D eigenvalue weighted by Gasteiger charge is 2.09. The Kier molecular flexibility index (Phi) is 5.17. The van der Waals surface area contributed by atoms with Crippen LogP contribution in [0.4, 0.5) is 5.69 Å². The van der Waals surface area contributed by atoms with Gasteiger partial charge in [-0.05, 0) is 50.6 Å². The van der Waals surface area contributed by atoms with E-state index in [-0.39, 0.29) is 5.91 Å². The van der Waals surface area contributed by atoms with Gasteiger partial charge in [0.05, 0.1) is 5.56 Å². The Morgan fingerprint density at radius 1 is 1.29 bits per heavy atom. The summed E-state index contributed by atoms with van der Waals surface area (Å²) < 4.78 is 5.14. The lowest BCUT2D eigenvalue weighted by Gasteiger charge is -2.14. The standard InChI is InChI=1S/C17H22N2O2/c1-4-9-18-13(3)14-5-7-16(8-6-14)19-17(20)15-10-12(2)21-11-15/h5-8,10-11,13,18H,4,9H2,1-3H3,(H,19,20). The molecule has 2 aromatic rings. The van der Waals surface area contributed by atoms with E-state index in [0.29, 0.717) is 11.6 Å². The van der Waals surface area contributed by atoms with Gasteiger partial charge < -0.3 is 15.1 Å². The number of amides is 1. The minimum absolute atomic E-state index is 0.156. The SMILES string of the molecule is CCCNC(C)c1ccc(NC(=O)c2coc(C)c2)cc1. The van der Waals surface area contributed by atoms with Crippen molar-refractivity contribution >= 4 is 11.6 Å². The quantitative estimate of drug-likeness (QED) is 0.846. The smallest absolute Gasteiger partial charge is 0.258 e. The van der Waals surface area contributed by atoms with Crippen LogP contribution in [0.5, 0.6) is 0 Å². The number of hydrogen-bond donors (Lipinski definition) is 2. The van der Waals surface area contributed by atoms with Crippen LogP contribution in [-0.2, 0) is 0 Å². The zero-order valence-corrected chi connectivity index (χ0v) is 12.8. The normalized spacial score (nSPS) is 12.1. The van der Waals surface area contributed by atoms with Gasteiger partial charge in [0.15, 0.2) is 0 Å². The molecule has 0 bridgehead atoms. The van der Waals surface area contributed by atoms with Crippen LogP contribution in [-0.4, -0.2) is 12.5 Å². The van der Waals surface area contributed by atoms with Crippen molar-refractivity contribution in [3.05, 3.63) is 53.5 Å². The molecule has 0 aliphatic rings. The van der Waals surface area contributed by atoms with Crippen molar-refractivity contribution in [1.29, 1.82) is 0 Å². The molecule has 21 heavy (non-hydrogen) atoms. The molecule has 0 aliphatic heterocycles. The van der Waals surface area contributed by atoms with Crippen LogP contribution >= 0.6 is 0 Å². The molecule has 0 radical (unpaired) electrons. The summed E-state index contributed by atoms with van der Waals surface area (Å²) in [4.78, 5) is 12.0. The van der Waals surface area contributed by atoms with Crippen LogP contribution in [0.2, 0.25) is 0 Å². The van der Waals surface area contributed by atoms with Gasteiger partial charge in [0, 0.05) is 11.7 Å². The lowest BCUT2D eigenvalue weighted by Crippen LogP contribution is -2.19. The molecular formula is C17H22N2O2. The summed E-state index contributed by atoms with van der Waals surface area (Å²) in [6, 6.07) is 9.94. The number of carbonyl (C=O) groups is 1. The molecule has 1 heterocycles. The average molecular weight is 286 g/mol. The summed E-state index contributed by atoms with van der Waals surface area (Å²) in [6.07, 6.45) is 2.58. The molecule has 0 saturated heterocycles. The largest absolute Gasteiger partial charge is 0.469 e. The molecule has 1 unspecified atom stereocenters. The molecule has 1 atom stereocenters. The Balaban J connectivity index is 1.97. The van der Waals surface area contributed by atoms with E-state index < -0.39 is 0 Å². The van der Waals surface area contributed by atoms with E-state index in [9.17, 15) is 4.79 Å². The maximum absolute atomic E-state index is 12.0. The molecule has 1 aromatic heterocycles. The number of aryl methyl sites for hydroxylation is 1. The number of carbonyl (C=O) groups excluding carboxylic acids is 1. The van der Waals surface area contributed by atoms with Crippen molar-refractivity contribution < 1.29 is 9.21 Å². The molecule has 0 fully saturated rings. The zero-order chi connectivity index (χ0) is 15.2. The summed E-state index contributed by atoms with van der Waals surface area (Å²) in [5, 5.41) is 6.30. The molecule has 0 spiro atoms. The third-order valence-electron chi connectivity index (χ3n) is 3.36. The first-order valence-corrected chi connectivity index (χ1v) is 7.30. The Labute approximate surface area is 125 Å². The van der Waals surface area contributed by atoms with E-state index in [1.807, 2.05) is 31.2 Å². The Morgan fingerprint density at radius 2 is 2.00 bits per heavy atom. The number of benzene rings is 1. The molecule has 2 N–H and O–H groups in total. The Bertz CT molecular complexity index is 587. The number of furan rings is 1. The van der Waals surface area contributed by atoms with Gasteiger partial charge in [-0.1, -0.05) is 19.1 Å². The van der Waals surface area contributed by atoms with Gasteiger partial charge in [0.25, 0.3) is 5.91 Å². The maximum atomic E-state index is 12.0. The second-order valence-electron chi connectivity index (χ2n) is 5.20. The molecule has 1 amide bonds. The fourth-order valence-corrected chi connectivity index (χ4v) is 2.10. The summed E-state index contributed by atoms with van der Waals surface area (Å²) in [5.41, 5.74) is 2.53. The van der Waals surface area contributed by atoms with Crippen LogP contribution in [0.1, 0.15) is 48.0 Å². The molecule has 4 heteroatoms. The number of rotatable bonds is 6. The van der Waals surface area contributed by atoms with E-state index in [4.69, 9.17) is 4.42 Å². The van der Waals surface area contributed by atoms with E-state index in [1.165, 1.54) is 11.8 Å². The van der Waals surface area contributed by atoms with E-state index in [1.54, 1.807) is 6.07 Å². The molecular weight excluding hydrogens is 264 g/mol. The minimum atomic E-state index is -0.156. The Hall–Kier alpha value is -2.07. The van der Waals surface area contributed by atoms with Gasteiger partial charge in [0.2, 0.25) is 0 Å². The van der Waals surface area contributed by atoms with Gasteiger partial charge in [-0.3, -0.25) is 4.79 Å². The van der Waals surface area contributed by atoms with E-state index in [2.05, 4.69) is 24.5 Å². The lowest BCUT2D eigenvalue weighted by atomic mass is 10.1. The predicted octanol–water partition coefficient (Wildman–Crippen LogP) is 3.90. The summed E-state index contributed by atoms with van der Waals surface area (Å²) in [7, 11) is 0. The van der Waals surface area contributed by atoms with Crippen LogP contribution in [0, 0.1) is 6.92 Å². The topological polar surface area (TPSA) is 54.3 Å². The number of nitrogens with one attached hydrogen (secondary N) is 2.